The summed E-state index contributed by atoms with van der Waals surface area (Å²) in [6, 6.07) is 4.23. The second-order valence-corrected chi connectivity index (χ2v) is 2.80. The van der Waals surface area contributed by atoms with Gasteiger partial charge in [-0.3, -0.25) is 10.1 Å². The highest BCUT2D eigenvalue weighted by Crippen LogP contribution is 2.31. The summed E-state index contributed by atoms with van der Waals surface area (Å²) in [4.78, 5) is 9.84. The van der Waals surface area contributed by atoms with Gasteiger partial charge in [-0.1, -0.05) is 12.2 Å². The van der Waals surface area contributed by atoms with E-state index in [4.69, 9.17) is 5.26 Å². The normalized spacial score (nSPS) is 10.1. The monoisotopic (exact) mass is 204 g/mol. The molecule has 1 aromatic rings. The van der Waals surface area contributed by atoms with Crippen molar-refractivity contribution in [3.05, 3.63) is 39.4 Å². The summed E-state index contributed by atoms with van der Waals surface area (Å²) in [6.07, 6.45) is 3.13. The Bertz CT molecular complexity index is 472. The molecule has 0 saturated heterocycles. The summed E-state index contributed by atoms with van der Waals surface area (Å²) < 4.78 is 0. The van der Waals surface area contributed by atoms with Crippen molar-refractivity contribution in [2.45, 2.75) is 6.92 Å². The van der Waals surface area contributed by atoms with Crippen LogP contribution in [0.15, 0.2) is 18.2 Å². The first-order chi connectivity index (χ1) is 7.10. The zero-order chi connectivity index (χ0) is 11.4. The fourth-order valence-electron chi connectivity index (χ4n) is 1.15. The second kappa shape index (κ2) is 4.24. The standard InChI is InChI=1S/C10H8N2O3/c1-2-3-8-4-7(6-11)5-9(10(8)13)12(14)15/h2-5,13H,1H3. The molecule has 0 amide bonds. The van der Waals surface area contributed by atoms with Gasteiger partial charge in [0.05, 0.1) is 16.6 Å². The average Bonchev–Trinajstić information content (AvgIpc) is 2.21. The van der Waals surface area contributed by atoms with E-state index in [9.17, 15) is 15.2 Å². The summed E-state index contributed by atoms with van der Waals surface area (Å²) in [5.74, 6) is -0.419. The Morgan fingerprint density at radius 3 is 2.73 bits per heavy atom. The van der Waals surface area contributed by atoms with E-state index in [1.807, 2.05) is 0 Å². The van der Waals surface area contributed by atoms with Crippen LogP contribution < -0.4 is 0 Å². The molecule has 0 atom stereocenters. The molecule has 5 heteroatoms. The molecule has 1 N–H and O–H groups in total. The van der Waals surface area contributed by atoms with E-state index in [2.05, 4.69) is 0 Å². The third-order valence-electron chi connectivity index (χ3n) is 1.79. The van der Waals surface area contributed by atoms with Gasteiger partial charge >= 0.3 is 5.69 Å². The van der Waals surface area contributed by atoms with Crippen LogP contribution in [0.1, 0.15) is 18.1 Å². The Kier molecular flexibility index (Phi) is 3.03. The molecule has 1 aromatic carbocycles. The first kappa shape index (κ1) is 10.7. The summed E-state index contributed by atoms with van der Waals surface area (Å²) in [6.45, 7) is 1.71. The highest BCUT2D eigenvalue weighted by Gasteiger charge is 2.17. The lowest BCUT2D eigenvalue weighted by atomic mass is 10.1. The first-order valence-corrected chi connectivity index (χ1v) is 4.14. The van der Waals surface area contributed by atoms with Gasteiger partial charge in [0, 0.05) is 11.6 Å². The zero-order valence-electron chi connectivity index (χ0n) is 7.97. The van der Waals surface area contributed by atoms with Gasteiger partial charge in [-0.25, -0.2) is 0 Å². The molecule has 1 rings (SSSR count). The number of allylic oxidation sites excluding steroid dienone is 1. The number of benzene rings is 1. The van der Waals surface area contributed by atoms with Gasteiger partial charge in [0.25, 0.3) is 0 Å². The maximum absolute atomic E-state index is 10.6. The van der Waals surface area contributed by atoms with Crippen molar-refractivity contribution >= 4 is 11.8 Å². The molecule has 0 saturated carbocycles. The van der Waals surface area contributed by atoms with Crippen molar-refractivity contribution < 1.29 is 10.0 Å². The SMILES string of the molecule is CC=Cc1cc(C#N)cc([N+](=O)[O-])c1O. The highest BCUT2D eigenvalue weighted by atomic mass is 16.6. The van der Waals surface area contributed by atoms with Crippen molar-refractivity contribution in [1.29, 1.82) is 5.26 Å². The number of aromatic hydroxyl groups is 1. The predicted molar refractivity (Wildman–Crippen MR) is 54.2 cm³/mol. The van der Waals surface area contributed by atoms with Gasteiger partial charge in [-0.05, 0) is 13.0 Å². The number of nitro benzene ring substituents is 1. The lowest BCUT2D eigenvalue weighted by molar-refractivity contribution is -0.385. The van der Waals surface area contributed by atoms with E-state index in [1.54, 1.807) is 19.1 Å². The van der Waals surface area contributed by atoms with E-state index in [0.29, 0.717) is 0 Å². The number of hydrogen-bond acceptors (Lipinski definition) is 4. The average molecular weight is 204 g/mol. The quantitative estimate of drug-likeness (QED) is 0.590. The Hall–Kier alpha value is -2.35. The van der Waals surface area contributed by atoms with Crippen LogP contribution in [0.2, 0.25) is 0 Å². The molecule has 5 nitrogen and oxygen atoms in total. The second-order valence-electron chi connectivity index (χ2n) is 2.80. The molecule has 0 aromatic heterocycles. The minimum Gasteiger partial charge on any atom is -0.502 e. The van der Waals surface area contributed by atoms with Crippen molar-refractivity contribution in [1.82, 2.24) is 0 Å². The zero-order valence-corrected chi connectivity index (χ0v) is 7.97. The lowest BCUT2D eigenvalue weighted by Gasteiger charge is -2.00. The van der Waals surface area contributed by atoms with E-state index in [1.165, 1.54) is 12.1 Å². The van der Waals surface area contributed by atoms with E-state index < -0.39 is 16.4 Å². The lowest BCUT2D eigenvalue weighted by Crippen LogP contribution is -1.91. The maximum atomic E-state index is 10.6. The molecule has 15 heavy (non-hydrogen) atoms. The van der Waals surface area contributed by atoms with Crippen LogP contribution in [0.4, 0.5) is 5.69 Å². The fraction of sp³-hybridized carbons (Fsp3) is 0.100. The third kappa shape index (κ3) is 2.11. The molecule has 0 aliphatic rings. The molecule has 0 spiro atoms. The molecular weight excluding hydrogens is 196 g/mol. The van der Waals surface area contributed by atoms with Gasteiger partial charge in [-0.15, -0.1) is 0 Å². The van der Waals surface area contributed by atoms with Crippen LogP contribution in [-0.4, -0.2) is 10.0 Å². The van der Waals surface area contributed by atoms with E-state index in [0.717, 1.165) is 6.07 Å². The molecule has 0 fully saturated rings. The van der Waals surface area contributed by atoms with Crippen molar-refractivity contribution in [3.63, 3.8) is 0 Å². The molecule has 0 unspecified atom stereocenters. The molecule has 0 aliphatic carbocycles. The van der Waals surface area contributed by atoms with Crippen LogP contribution in [0.5, 0.6) is 5.75 Å². The number of phenols is 1. The molecule has 0 heterocycles. The van der Waals surface area contributed by atoms with Gasteiger partial charge in [0.2, 0.25) is 5.75 Å². The molecule has 0 radical (unpaired) electrons. The Labute approximate surface area is 86.0 Å². The fourth-order valence-corrected chi connectivity index (χ4v) is 1.15. The molecule has 0 bridgehead atoms. The van der Waals surface area contributed by atoms with Crippen molar-refractivity contribution in [2.75, 3.05) is 0 Å². The van der Waals surface area contributed by atoms with E-state index in [-0.39, 0.29) is 11.1 Å². The number of nitro groups is 1. The van der Waals surface area contributed by atoms with Gasteiger partial charge in [0.1, 0.15) is 0 Å². The van der Waals surface area contributed by atoms with Crippen molar-refractivity contribution in [3.8, 4) is 11.8 Å². The first-order valence-electron chi connectivity index (χ1n) is 4.14. The van der Waals surface area contributed by atoms with Gasteiger partial charge < -0.3 is 5.11 Å². The smallest absolute Gasteiger partial charge is 0.312 e. The third-order valence-corrected chi connectivity index (χ3v) is 1.79. The van der Waals surface area contributed by atoms with Gasteiger partial charge in [0.15, 0.2) is 0 Å². The summed E-state index contributed by atoms with van der Waals surface area (Å²) in [5.41, 5.74) is -0.0435. The summed E-state index contributed by atoms with van der Waals surface area (Å²) in [5, 5.41) is 28.7. The van der Waals surface area contributed by atoms with Crippen LogP contribution in [0.25, 0.3) is 6.08 Å². The van der Waals surface area contributed by atoms with Crippen molar-refractivity contribution in [2.24, 2.45) is 0 Å². The topological polar surface area (TPSA) is 87.2 Å². The van der Waals surface area contributed by atoms with Crippen LogP contribution >= 0.6 is 0 Å². The largest absolute Gasteiger partial charge is 0.502 e. The minimum atomic E-state index is -0.719. The Morgan fingerprint density at radius 1 is 1.60 bits per heavy atom. The summed E-state index contributed by atoms with van der Waals surface area (Å²) in [7, 11) is 0. The number of nitrogens with zero attached hydrogens (tertiary/aromatic N) is 2. The van der Waals surface area contributed by atoms with Crippen LogP contribution in [0, 0.1) is 21.4 Å². The predicted octanol–water partition coefficient (Wildman–Crippen LogP) is 2.21. The minimum absolute atomic E-state index is 0.146. The van der Waals surface area contributed by atoms with Gasteiger partial charge in [-0.2, -0.15) is 5.26 Å². The Balaban J connectivity index is 3.48. The number of hydrogen-bond donors (Lipinski definition) is 1. The van der Waals surface area contributed by atoms with E-state index >= 15 is 0 Å². The number of nitriles is 1. The highest BCUT2D eigenvalue weighted by molar-refractivity contribution is 5.66. The molecule has 76 valence electrons. The van der Waals surface area contributed by atoms with Crippen LogP contribution in [0.3, 0.4) is 0 Å². The number of phenolic OH excluding ortho intramolecular Hbond substituents is 1. The Morgan fingerprint density at radius 2 is 2.27 bits per heavy atom. The summed E-state index contributed by atoms with van der Waals surface area (Å²) >= 11 is 0. The van der Waals surface area contributed by atoms with Crippen LogP contribution in [-0.2, 0) is 0 Å². The molecule has 0 aliphatic heterocycles. The number of rotatable bonds is 2. The maximum Gasteiger partial charge on any atom is 0.312 e. The molecular formula is C10H8N2O3.